The van der Waals surface area contributed by atoms with Crippen LogP contribution >= 0.6 is 11.6 Å². The normalized spacial score (nSPS) is 16.5. The number of hydrogen-bond acceptors (Lipinski definition) is 2. The molecule has 1 aromatic rings. The van der Waals surface area contributed by atoms with Gasteiger partial charge in [0.15, 0.2) is 0 Å². The highest BCUT2D eigenvalue weighted by Crippen LogP contribution is 2.39. The van der Waals surface area contributed by atoms with E-state index in [2.05, 4.69) is 5.32 Å². The Morgan fingerprint density at radius 1 is 1.41 bits per heavy atom. The fourth-order valence-electron chi connectivity index (χ4n) is 1.88. The van der Waals surface area contributed by atoms with Crippen LogP contribution in [0.15, 0.2) is 18.2 Å². The summed E-state index contributed by atoms with van der Waals surface area (Å²) in [5.41, 5.74) is 1.39. The molecule has 17 heavy (non-hydrogen) atoms. The second-order valence-corrected chi connectivity index (χ2v) is 5.06. The van der Waals surface area contributed by atoms with Crippen molar-refractivity contribution in [3.63, 3.8) is 0 Å². The van der Waals surface area contributed by atoms with E-state index in [4.69, 9.17) is 16.3 Å². The van der Waals surface area contributed by atoms with Gasteiger partial charge in [-0.1, -0.05) is 0 Å². The van der Waals surface area contributed by atoms with E-state index >= 15 is 0 Å². The van der Waals surface area contributed by atoms with Gasteiger partial charge in [0, 0.05) is 11.6 Å². The first-order chi connectivity index (χ1) is 8.05. The Morgan fingerprint density at radius 3 is 2.88 bits per heavy atom. The van der Waals surface area contributed by atoms with Crippen LogP contribution in [0.2, 0.25) is 0 Å². The summed E-state index contributed by atoms with van der Waals surface area (Å²) < 4.78 is 5.58. The highest BCUT2D eigenvalue weighted by molar-refractivity contribution is 6.17. The minimum atomic E-state index is -0.485. The minimum Gasteiger partial charge on any atom is -0.494 e. The summed E-state index contributed by atoms with van der Waals surface area (Å²) in [5, 5.41) is 2.87. The fourth-order valence-corrected chi connectivity index (χ4v) is 1.99. The maximum Gasteiger partial charge on any atom is 0.234 e. The molecule has 1 aliphatic heterocycles. The molecular weight excluding hydrogens is 238 g/mol. The molecule has 1 N–H and O–H groups in total. The van der Waals surface area contributed by atoms with E-state index in [0.717, 1.165) is 23.4 Å². The summed E-state index contributed by atoms with van der Waals surface area (Å²) in [4.78, 5) is 11.8. The van der Waals surface area contributed by atoms with Crippen LogP contribution in [0.4, 0.5) is 5.69 Å². The molecule has 0 saturated carbocycles. The Bertz CT molecular complexity index is 443. The molecule has 92 valence electrons. The number of anilines is 1. The molecular formula is C13H16ClNO2. The third-order valence-corrected chi connectivity index (χ3v) is 3.29. The van der Waals surface area contributed by atoms with Crippen molar-refractivity contribution in [2.24, 2.45) is 0 Å². The van der Waals surface area contributed by atoms with E-state index in [1.165, 1.54) is 0 Å². The monoisotopic (exact) mass is 253 g/mol. The molecule has 0 saturated heterocycles. The lowest BCUT2D eigenvalue weighted by Crippen LogP contribution is -2.26. The number of rotatable bonds is 4. The zero-order chi connectivity index (χ0) is 12.5. The summed E-state index contributed by atoms with van der Waals surface area (Å²) >= 11 is 5.59. The third-order valence-electron chi connectivity index (χ3n) is 3.03. The smallest absolute Gasteiger partial charge is 0.234 e. The van der Waals surface area contributed by atoms with Crippen LogP contribution in [-0.4, -0.2) is 18.4 Å². The first-order valence-corrected chi connectivity index (χ1v) is 6.24. The number of ether oxygens (including phenoxy) is 1. The maximum absolute atomic E-state index is 11.8. The Kier molecular flexibility index (Phi) is 3.29. The van der Waals surface area contributed by atoms with Crippen LogP contribution in [0.3, 0.4) is 0 Å². The van der Waals surface area contributed by atoms with Crippen LogP contribution in [0.1, 0.15) is 25.8 Å². The van der Waals surface area contributed by atoms with Gasteiger partial charge >= 0.3 is 0 Å². The number of halogens is 1. The number of benzene rings is 1. The Hall–Kier alpha value is -1.22. The number of fused-ring (bicyclic) bond motifs is 1. The molecule has 0 aromatic heterocycles. The molecule has 1 aromatic carbocycles. The molecule has 4 heteroatoms. The lowest BCUT2D eigenvalue weighted by atomic mass is 9.86. The summed E-state index contributed by atoms with van der Waals surface area (Å²) in [6, 6.07) is 5.69. The molecule has 0 unspecified atom stereocenters. The first kappa shape index (κ1) is 12.2. The number of carbonyl (C=O) groups is 1. The van der Waals surface area contributed by atoms with Crippen molar-refractivity contribution in [2.45, 2.75) is 25.7 Å². The van der Waals surface area contributed by atoms with Crippen molar-refractivity contribution in [3.8, 4) is 5.75 Å². The minimum absolute atomic E-state index is 0.0328. The molecule has 1 aliphatic rings. The summed E-state index contributed by atoms with van der Waals surface area (Å²) in [6.07, 6.45) is 0.819. The SMILES string of the molecule is CC1(C)C(=O)Nc2ccc(OCCCCl)cc21. The standard InChI is InChI=1S/C13H16ClNO2/c1-13(2)10-8-9(17-7-3-6-14)4-5-11(10)15-12(13)16/h4-5,8H,3,6-7H2,1-2H3,(H,15,16). The zero-order valence-electron chi connectivity index (χ0n) is 10.0. The van der Waals surface area contributed by atoms with Gasteiger partial charge in [0.1, 0.15) is 5.75 Å². The predicted octanol–water partition coefficient (Wildman–Crippen LogP) is 2.92. The Morgan fingerprint density at radius 2 is 2.18 bits per heavy atom. The molecule has 0 atom stereocenters. The Balaban J connectivity index is 2.20. The second kappa shape index (κ2) is 4.57. The molecule has 0 bridgehead atoms. The molecule has 0 fully saturated rings. The number of alkyl halides is 1. The number of carbonyl (C=O) groups excluding carboxylic acids is 1. The molecule has 3 nitrogen and oxygen atoms in total. The van der Waals surface area contributed by atoms with Crippen molar-refractivity contribution in [2.75, 3.05) is 17.8 Å². The lowest BCUT2D eigenvalue weighted by molar-refractivity contribution is -0.119. The largest absolute Gasteiger partial charge is 0.494 e. The first-order valence-electron chi connectivity index (χ1n) is 5.70. The van der Waals surface area contributed by atoms with Gasteiger partial charge in [0.25, 0.3) is 0 Å². The van der Waals surface area contributed by atoms with E-state index in [1.54, 1.807) is 0 Å². The van der Waals surface area contributed by atoms with Crippen LogP contribution < -0.4 is 10.1 Å². The van der Waals surface area contributed by atoms with Gasteiger partial charge in [-0.2, -0.15) is 0 Å². The summed E-state index contributed by atoms with van der Waals surface area (Å²) in [7, 11) is 0. The van der Waals surface area contributed by atoms with Crippen molar-refractivity contribution < 1.29 is 9.53 Å². The van der Waals surface area contributed by atoms with E-state index < -0.39 is 5.41 Å². The van der Waals surface area contributed by atoms with Gasteiger partial charge in [-0.25, -0.2) is 0 Å². The van der Waals surface area contributed by atoms with Gasteiger partial charge in [-0.3, -0.25) is 4.79 Å². The number of hydrogen-bond donors (Lipinski definition) is 1. The summed E-state index contributed by atoms with van der Waals surface area (Å²) in [6.45, 7) is 4.43. The van der Waals surface area contributed by atoms with Gasteiger partial charge in [0.2, 0.25) is 5.91 Å². The average molecular weight is 254 g/mol. The Labute approximate surface area is 106 Å². The molecule has 1 amide bonds. The molecule has 1 heterocycles. The van der Waals surface area contributed by atoms with Crippen LogP contribution in [0.25, 0.3) is 0 Å². The van der Waals surface area contributed by atoms with E-state index in [1.807, 2.05) is 32.0 Å². The van der Waals surface area contributed by atoms with E-state index in [-0.39, 0.29) is 5.91 Å². The van der Waals surface area contributed by atoms with Crippen LogP contribution in [-0.2, 0) is 10.2 Å². The van der Waals surface area contributed by atoms with Gasteiger partial charge in [0.05, 0.1) is 12.0 Å². The second-order valence-electron chi connectivity index (χ2n) is 4.68. The number of amides is 1. The van der Waals surface area contributed by atoms with Crippen molar-refractivity contribution in [1.29, 1.82) is 0 Å². The topological polar surface area (TPSA) is 38.3 Å². The van der Waals surface area contributed by atoms with Crippen molar-refractivity contribution >= 4 is 23.2 Å². The quantitative estimate of drug-likeness (QED) is 0.662. The molecule has 2 rings (SSSR count). The van der Waals surface area contributed by atoms with Crippen LogP contribution in [0, 0.1) is 0 Å². The number of nitrogens with one attached hydrogen (secondary N) is 1. The summed E-state index contributed by atoms with van der Waals surface area (Å²) in [5.74, 6) is 1.42. The van der Waals surface area contributed by atoms with Gasteiger partial charge in [-0.05, 0) is 44.0 Å². The van der Waals surface area contributed by atoms with E-state index in [9.17, 15) is 4.79 Å². The fraction of sp³-hybridized carbons (Fsp3) is 0.462. The maximum atomic E-state index is 11.8. The molecule has 0 spiro atoms. The van der Waals surface area contributed by atoms with Crippen molar-refractivity contribution in [3.05, 3.63) is 23.8 Å². The van der Waals surface area contributed by atoms with Crippen molar-refractivity contribution in [1.82, 2.24) is 0 Å². The van der Waals surface area contributed by atoms with E-state index in [0.29, 0.717) is 12.5 Å². The van der Waals surface area contributed by atoms with Crippen LogP contribution in [0.5, 0.6) is 5.75 Å². The highest BCUT2D eigenvalue weighted by Gasteiger charge is 2.38. The van der Waals surface area contributed by atoms with Gasteiger partial charge in [-0.15, -0.1) is 11.6 Å². The molecule has 0 aliphatic carbocycles. The highest BCUT2D eigenvalue weighted by atomic mass is 35.5. The zero-order valence-corrected chi connectivity index (χ0v) is 10.8. The third kappa shape index (κ3) is 2.25. The molecule has 0 radical (unpaired) electrons. The average Bonchev–Trinajstić information content (AvgIpc) is 2.51. The van der Waals surface area contributed by atoms with Gasteiger partial charge < -0.3 is 10.1 Å². The predicted molar refractivity (Wildman–Crippen MR) is 68.9 cm³/mol. The lowest BCUT2D eigenvalue weighted by Gasteiger charge is -2.15.